The zero-order valence-corrected chi connectivity index (χ0v) is 11.9. The van der Waals surface area contributed by atoms with E-state index in [1.165, 1.54) is 24.3 Å². The molecule has 2 rings (SSSR count). The molecular formula is C13H13ClN2O6. The highest BCUT2D eigenvalue weighted by atomic mass is 35.5. The SMILES string of the molecule is Cl.NC(CNC(=O)c1cc2ccc(O)cc2oc1=O)C(=O)O. The number of rotatable bonds is 4. The molecular weight excluding hydrogens is 316 g/mol. The molecule has 1 amide bonds. The lowest BCUT2D eigenvalue weighted by atomic mass is 10.1. The third-order valence-corrected chi connectivity index (χ3v) is 2.76. The van der Waals surface area contributed by atoms with Crippen LogP contribution in [0.2, 0.25) is 0 Å². The Kier molecular flexibility index (Phi) is 5.50. The van der Waals surface area contributed by atoms with E-state index in [2.05, 4.69) is 5.32 Å². The van der Waals surface area contributed by atoms with E-state index in [4.69, 9.17) is 15.3 Å². The molecule has 0 aliphatic heterocycles. The lowest BCUT2D eigenvalue weighted by molar-refractivity contribution is -0.138. The number of aliphatic carboxylic acids is 1. The van der Waals surface area contributed by atoms with Crippen molar-refractivity contribution in [3.05, 3.63) is 40.2 Å². The first-order valence-electron chi connectivity index (χ1n) is 5.92. The lowest BCUT2D eigenvalue weighted by Crippen LogP contribution is -2.43. The number of nitrogens with two attached hydrogens (primary N) is 1. The number of amides is 1. The van der Waals surface area contributed by atoms with Crippen LogP contribution in [0.25, 0.3) is 11.0 Å². The van der Waals surface area contributed by atoms with E-state index < -0.39 is 23.5 Å². The van der Waals surface area contributed by atoms with Gasteiger partial charge in [-0.05, 0) is 18.2 Å². The molecule has 1 atom stereocenters. The summed E-state index contributed by atoms with van der Waals surface area (Å²) in [4.78, 5) is 34.1. The third-order valence-electron chi connectivity index (χ3n) is 2.76. The topological polar surface area (TPSA) is 143 Å². The Bertz CT molecular complexity index is 773. The summed E-state index contributed by atoms with van der Waals surface area (Å²) in [6.45, 7) is -0.318. The van der Waals surface area contributed by atoms with Gasteiger partial charge in [-0.1, -0.05) is 0 Å². The zero-order valence-electron chi connectivity index (χ0n) is 11.1. The highest BCUT2D eigenvalue weighted by molar-refractivity contribution is 5.97. The number of nitrogens with one attached hydrogen (secondary N) is 1. The van der Waals surface area contributed by atoms with Crippen molar-refractivity contribution in [2.45, 2.75) is 6.04 Å². The molecule has 0 fully saturated rings. The molecule has 0 spiro atoms. The number of phenolic OH excluding ortho intramolecular Hbond substituents is 1. The molecule has 9 heteroatoms. The normalized spacial score (nSPS) is 11.5. The molecule has 2 aromatic rings. The first-order chi connectivity index (χ1) is 9.88. The number of hydrogen-bond acceptors (Lipinski definition) is 6. The molecule has 0 aliphatic carbocycles. The zero-order chi connectivity index (χ0) is 15.6. The summed E-state index contributed by atoms with van der Waals surface area (Å²) in [5, 5.41) is 20.6. The van der Waals surface area contributed by atoms with Gasteiger partial charge in [0.15, 0.2) is 0 Å². The van der Waals surface area contributed by atoms with Gasteiger partial charge in [0.05, 0.1) is 0 Å². The number of carbonyl (C=O) groups excluding carboxylic acids is 1. The van der Waals surface area contributed by atoms with Gasteiger partial charge >= 0.3 is 11.6 Å². The van der Waals surface area contributed by atoms with Crippen LogP contribution in [0, 0.1) is 0 Å². The maximum Gasteiger partial charge on any atom is 0.349 e. The highest BCUT2D eigenvalue weighted by Gasteiger charge is 2.17. The first-order valence-corrected chi connectivity index (χ1v) is 5.92. The van der Waals surface area contributed by atoms with Crippen LogP contribution in [0.4, 0.5) is 0 Å². The largest absolute Gasteiger partial charge is 0.508 e. The van der Waals surface area contributed by atoms with Gasteiger partial charge in [0.2, 0.25) is 0 Å². The van der Waals surface area contributed by atoms with Gasteiger partial charge in [-0.15, -0.1) is 12.4 Å². The molecule has 0 radical (unpaired) electrons. The monoisotopic (exact) mass is 328 g/mol. The van der Waals surface area contributed by atoms with Crippen molar-refractivity contribution < 1.29 is 24.2 Å². The molecule has 118 valence electrons. The van der Waals surface area contributed by atoms with Crippen LogP contribution in [0.1, 0.15) is 10.4 Å². The standard InChI is InChI=1S/C13H12N2O6.ClH/c14-9(12(18)19)5-15-11(17)8-3-6-1-2-7(16)4-10(6)21-13(8)20;/h1-4,9,16H,5,14H2,(H,15,17)(H,18,19);1H. The summed E-state index contributed by atoms with van der Waals surface area (Å²) in [5.41, 5.74) is 4.22. The minimum Gasteiger partial charge on any atom is -0.508 e. The number of halogens is 1. The molecule has 1 heterocycles. The van der Waals surface area contributed by atoms with Crippen LogP contribution in [-0.4, -0.2) is 34.7 Å². The van der Waals surface area contributed by atoms with Crippen molar-refractivity contribution in [2.75, 3.05) is 6.54 Å². The fourth-order valence-electron chi connectivity index (χ4n) is 1.64. The molecule has 22 heavy (non-hydrogen) atoms. The fraction of sp³-hybridized carbons (Fsp3) is 0.154. The Morgan fingerprint density at radius 2 is 2.00 bits per heavy atom. The van der Waals surface area contributed by atoms with E-state index in [9.17, 15) is 19.5 Å². The first kappa shape index (κ1) is 17.5. The van der Waals surface area contributed by atoms with Crippen LogP contribution in [-0.2, 0) is 4.79 Å². The molecule has 0 saturated heterocycles. The Morgan fingerprint density at radius 1 is 1.32 bits per heavy atom. The minimum absolute atomic E-state index is 0. The Balaban J connectivity index is 0.00000242. The van der Waals surface area contributed by atoms with Crippen LogP contribution in [0.3, 0.4) is 0 Å². The molecule has 1 aromatic carbocycles. The van der Waals surface area contributed by atoms with E-state index in [0.717, 1.165) is 0 Å². The van der Waals surface area contributed by atoms with Crippen molar-refractivity contribution in [3.8, 4) is 5.75 Å². The molecule has 1 aromatic heterocycles. The maximum absolute atomic E-state index is 11.8. The predicted octanol–water partition coefficient (Wildman–Crippen LogP) is 0.0621. The summed E-state index contributed by atoms with van der Waals surface area (Å²) in [6.07, 6.45) is 0. The van der Waals surface area contributed by atoms with Gasteiger partial charge in [0, 0.05) is 18.0 Å². The van der Waals surface area contributed by atoms with Gasteiger partial charge < -0.3 is 25.7 Å². The molecule has 0 bridgehead atoms. The van der Waals surface area contributed by atoms with Crippen LogP contribution in [0.5, 0.6) is 5.75 Å². The number of benzene rings is 1. The predicted molar refractivity (Wildman–Crippen MR) is 79.3 cm³/mol. The quantitative estimate of drug-likeness (QED) is 0.581. The minimum atomic E-state index is -1.27. The molecule has 5 N–H and O–H groups in total. The third kappa shape index (κ3) is 3.74. The second kappa shape index (κ2) is 6.92. The summed E-state index contributed by atoms with van der Waals surface area (Å²) < 4.78 is 4.93. The number of carboxylic acid groups (broad SMARTS) is 1. The summed E-state index contributed by atoms with van der Waals surface area (Å²) in [5.74, 6) is -2.12. The van der Waals surface area contributed by atoms with E-state index >= 15 is 0 Å². The van der Waals surface area contributed by atoms with Crippen molar-refractivity contribution in [1.29, 1.82) is 0 Å². The number of aromatic hydroxyl groups is 1. The van der Waals surface area contributed by atoms with Crippen molar-refractivity contribution in [2.24, 2.45) is 5.73 Å². The van der Waals surface area contributed by atoms with E-state index in [1.807, 2.05) is 0 Å². The van der Waals surface area contributed by atoms with Crippen molar-refractivity contribution in [1.82, 2.24) is 5.32 Å². The number of carbonyl (C=O) groups is 2. The summed E-state index contributed by atoms with van der Waals surface area (Å²) in [7, 11) is 0. The molecule has 1 unspecified atom stereocenters. The van der Waals surface area contributed by atoms with E-state index in [-0.39, 0.29) is 35.8 Å². The van der Waals surface area contributed by atoms with Crippen molar-refractivity contribution in [3.63, 3.8) is 0 Å². The summed E-state index contributed by atoms with van der Waals surface area (Å²) >= 11 is 0. The molecule has 8 nitrogen and oxygen atoms in total. The number of hydrogen-bond donors (Lipinski definition) is 4. The Hall–Kier alpha value is -2.58. The smallest absolute Gasteiger partial charge is 0.349 e. The van der Waals surface area contributed by atoms with Crippen LogP contribution in [0.15, 0.2) is 33.5 Å². The van der Waals surface area contributed by atoms with Crippen LogP contribution < -0.4 is 16.7 Å². The average molecular weight is 329 g/mol. The van der Waals surface area contributed by atoms with Gasteiger partial charge in [0.25, 0.3) is 5.91 Å². The number of fused-ring (bicyclic) bond motifs is 1. The lowest BCUT2D eigenvalue weighted by Gasteiger charge is -2.08. The fourth-order valence-corrected chi connectivity index (χ4v) is 1.64. The second-order valence-corrected chi connectivity index (χ2v) is 4.32. The summed E-state index contributed by atoms with van der Waals surface area (Å²) in [6, 6.07) is 4.14. The Labute approximate surface area is 129 Å². The van der Waals surface area contributed by atoms with Crippen molar-refractivity contribution >= 4 is 35.3 Å². The number of carboxylic acids is 1. The molecule has 0 saturated carbocycles. The highest BCUT2D eigenvalue weighted by Crippen LogP contribution is 2.19. The second-order valence-electron chi connectivity index (χ2n) is 4.32. The van der Waals surface area contributed by atoms with Gasteiger partial charge in [0.1, 0.15) is 22.9 Å². The van der Waals surface area contributed by atoms with Gasteiger partial charge in [-0.3, -0.25) is 9.59 Å². The average Bonchev–Trinajstić information content (AvgIpc) is 2.43. The van der Waals surface area contributed by atoms with Gasteiger partial charge in [-0.25, -0.2) is 4.79 Å². The van der Waals surface area contributed by atoms with Crippen LogP contribution >= 0.6 is 12.4 Å². The van der Waals surface area contributed by atoms with Gasteiger partial charge in [-0.2, -0.15) is 0 Å². The number of phenols is 1. The van der Waals surface area contributed by atoms with E-state index in [0.29, 0.717) is 5.39 Å². The Morgan fingerprint density at radius 3 is 2.64 bits per heavy atom. The maximum atomic E-state index is 11.8. The molecule has 0 aliphatic rings. The van der Waals surface area contributed by atoms with E-state index in [1.54, 1.807) is 0 Å².